The van der Waals surface area contributed by atoms with Crippen molar-refractivity contribution >= 4 is 22.9 Å². The second-order valence-electron chi connectivity index (χ2n) is 2.62. The lowest BCUT2D eigenvalue weighted by molar-refractivity contribution is -0.139. The van der Waals surface area contributed by atoms with Crippen LogP contribution in [0.1, 0.15) is 6.92 Å². The molecule has 8 heteroatoms. The predicted molar refractivity (Wildman–Crippen MR) is 57.4 cm³/mol. The number of aliphatic imine (C=N–C) groups is 1. The van der Waals surface area contributed by atoms with E-state index >= 15 is 0 Å². The highest BCUT2D eigenvalue weighted by molar-refractivity contribution is 6.64. The summed E-state index contributed by atoms with van der Waals surface area (Å²) in [4.78, 5) is 14.1. The van der Waals surface area contributed by atoms with Crippen molar-refractivity contribution in [2.24, 2.45) is 10.7 Å². The Morgan fingerprint density at radius 1 is 1.59 bits per heavy atom. The molecule has 0 aromatic heterocycles. The van der Waals surface area contributed by atoms with Gasteiger partial charge in [-0.15, -0.1) is 0 Å². The van der Waals surface area contributed by atoms with E-state index in [9.17, 15) is 18.0 Å². The minimum atomic E-state index is -4.89. The minimum Gasteiger partial charge on any atom is -0.462 e. The second-order valence-corrected chi connectivity index (χ2v) is 3.01. The maximum Gasteiger partial charge on any atom is 0.434 e. The first kappa shape index (κ1) is 15.5. The van der Waals surface area contributed by atoms with Gasteiger partial charge >= 0.3 is 12.1 Å². The first-order chi connectivity index (χ1) is 7.73. The van der Waals surface area contributed by atoms with Crippen molar-refractivity contribution in [3.63, 3.8) is 0 Å². The van der Waals surface area contributed by atoms with Gasteiger partial charge in [-0.2, -0.15) is 13.2 Å². The maximum absolute atomic E-state index is 12.6. The Balaban J connectivity index is 5.71. The van der Waals surface area contributed by atoms with Gasteiger partial charge in [0.2, 0.25) is 0 Å². The molecular formula is C9H10ClF3N2O2. The molecule has 0 aliphatic heterocycles. The van der Waals surface area contributed by atoms with E-state index in [2.05, 4.69) is 16.3 Å². The topological polar surface area (TPSA) is 64.7 Å². The molecule has 0 radical (unpaired) electrons. The lowest BCUT2D eigenvalue weighted by Gasteiger charge is -2.11. The van der Waals surface area contributed by atoms with Gasteiger partial charge in [0.25, 0.3) is 0 Å². The zero-order chi connectivity index (χ0) is 13.6. The fraction of sp³-hybridized carbons (Fsp3) is 0.333. The molecule has 0 unspecified atom stereocenters. The Hall–Kier alpha value is -1.50. The minimum absolute atomic E-state index is 0.0820. The monoisotopic (exact) mass is 270 g/mol. The molecule has 0 aromatic rings. The van der Waals surface area contributed by atoms with Gasteiger partial charge in [0, 0.05) is 0 Å². The van der Waals surface area contributed by atoms with Crippen molar-refractivity contribution in [3.05, 3.63) is 23.9 Å². The standard InChI is InChI=1S/C9H10ClF3N2O2/c1-3-5(7(16)17-4-2)6(9(11,12)13)15-8(10)14/h3H,1,4H2,2H3,(H2,14,15)/b6-5+. The van der Waals surface area contributed by atoms with E-state index in [-0.39, 0.29) is 6.61 Å². The van der Waals surface area contributed by atoms with Crippen LogP contribution in [0.4, 0.5) is 13.2 Å². The molecule has 4 nitrogen and oxygen atoms in total. The van der Waals surface area contributed by atoms with Gasteiger partial charge in [-0.05, 0) is 18.5 Å². The van der Waals surface area contributed by atoms with Crippen LogP contribution in [0.25, 0.3) is 0 Å². The van der Waals surface area contributed by atoms with Gasteiger partial charge in [0.15, 0.2) is 11.0 Å². The van der Waals surface area contributed by atoms with Crippen molar-refractivity contribution in [2.75, 3.05) is 6.61 Å². The number of nitrogens with zero attached hydrogens (tertiary/aromatic N) is 1. The number of hydrogen-bond acceptors (Lipinski definition) is 3. The molecule has 0 fully saturated rings. The summed E-state index contributed by atoms with van der Waals surface area (Å²) in [6, 6.07) is 0. The van der Waals surface area contributed by atoms with E-state index in [1.807, 2.05) is 0 Å². The highest BCUT2D eigenvalue weighted by Crippen LogP contribution is 2.30. The zero-order valence-corrected chi connectivity index (χ0v) is 9.60. The van der Waals surface area contributed by atoms with Crippen LogP contribution < -0.4 is 5.73 Å². The Bertz CT molecular complexity index is 371. The molecule has 2 N–H and O–H groups in total. The van der Waals surface area contributed by atoms with Crippen molar-refractivity contribution in [1.82, 2.24) is 0 Å². The van der Waals surface area contributed by atoms with Crippen molar-refractivity contribution in [3.8, 4) is 0 Å². The molecule has 0 rings (SSSR count). The summed E-state index contributed by atoms with van der Waals surface area (Å²) >= 11 is 5.07. The third-order valence-corrected chi connectivity index (χ3v) is 1.53. The van der Waals surface area contributed by atoms with Gasteiger partial charge in [-0.25, -0.2) is 9.79 Å². The number of ether oxygens (including phenoxy) is 1. The second kappa shape index (κ2) is 6.29. The lowest BCUT2D eigenvalue weighted by Crippen LogP contribution is -2.19. The van der Waals surface area contributed by atoms with E-state index in [0.717, 1.165) is 0 Å². The first-order valence-corrected chi connectivity index (χ1v) is 4.72. The van der Waals surface area contributed by atoms with Crippen molar-refractivity contribution in [1.29, 1.82) is 0 Å². The molecule has 0 aliphatic rings. The fourth-order valence-electron chi connectivity index (χ4n) is 0.869. The number of halogens is 4. The van der Waals surface area contributed by atoms with E-state index in [4.69, 9.17) is 17.3 Å². The first-order valence-electron chi connectivity index (χ1n) is 4.34. The molecule has 0 atom stereocenters. The quantitative estimate of drug-likeness (QED) is 0.212. The number of hydrogen-bond donors (Lipinski definition) is 1. The highest BCUT2D eigenvalue weighted by atomic mass is 35.5. The van der Waals surface area contributed by atoms with E-state index < -0.39 is 28.7 Å². The zero-order valence-electron chi connectivity index (χ0n) is 8.84. The molecule has 0 amide bonds. The van der Waals surface area contributed by atoms with Crippen molar-refractivity contribution < 1.29 is 22.7 Å². The average molecular weight is 271 g/mol. The van der Waals surface area contributed by atoms with Crippen LogP contribution in [-0.2, 0) is 9.53 Å². The molecule has 17 heavy (non-hydrogen) atoms. The molecule has 0 heterocycles. The Kier molecular flexibility index (Phi) is 5.73. The summed E-state index contributed by atoms with van der Waals surface area (Å²) in [6.07, 6.45) is -4.21. The van der Waals surface area contributed by atoms with Crippen LogP contribution in [-0.4, -0.2) is 24.0 Å². The molecule has 0 aromatic carbocycles. The molecule has 0 bridgehead atoms. The van der Waals surface area contributed by atoms with E-state index in [0.29, 0.717) is 6.08 Å². The van der Waals surface area contributed by atoms with Gasteiger partial charge in [0.1, 0.15) is 0 Å². The lowest BCUT2D eigenvalue weighted by atomic mass is 10.2. The summed E-state index contributed by atoms with van der Waals surface area (Å²) in [5, 5.41) is -0.846. The smallest absolute Gasteiger partial charge is 0.434 e. The summed E-state index contributed by atoms with van der Waals surface area (Å²) in [6.45, 7) is 4.46. The van der Waals surface area contributed by atoms with Crippen LogP contribution in [0.15, 0.2) is 28.9 Å². The summed E-state index contributed by atoms with van der Waals surface area (Å²) < 4.78 is 42.2. The van der Waals surface area contributed by atoms with Gasteiger partial charge < -0.3 is 10.5 Å². The number of amidine groups is 1. The maximum atomic E-state index is 12.6. The van der Waals surface area contributed by atoms with Crippen LogP contribution in [0.3, 0.4) is 0 Å². The van der Waals surface area contributed by atoms with Crippen molar-refractivity contribution in [2.45, 2.75) is 13.1 Å². The molecule has 96 valence electrons. The summed E-state index contributed by atoms with van der Waals surface area (Å²) in [5.41, 5.74) is 2.46. The number of alkyl halides is 3. The van der Waals surface area contributed by atoms with Crippen LogP contribution in [0.5, 0.6) is 0 Å². The number of carbonyl (C=O) groups excluding carboxylic acids is 1. The molecule has 0 spiro atoms. The van der Waals surface area contributed by atoms with E-state index in [1.54, 1.807) is 0 Å². The van der Waals surface area contributed by atoms with Crippen LogP contribution in [0, 0.1) is 0 Å². The summed E-state index contributed by atoms with van der Waals surface area (Å²) in [5.74, 6) is -1.20. The largest absolute Gasteiger partial charge is 0.462 e. The number of esters is 1. The predicted octanol–water partition coefficient (Wildman–Crippen LogP) is 2.11. The summed E-state index contributed by atoms with van der Waals surface area (Å²) in [7, 11) is 0. The third-order valence-electron chi connectivity index (χ3n) is 1.44. The SMILES string of the molecule is C=C/C(C(=O)OCC)=C(\N=C(N)Cl)C(F)(F)F. The molecule has 0 saturated heterocycles. The van der Waals surface area contributed by atoms with Gasteiger partial charge in [-0.1, -0.05) is 12.7 Å². The number of rotatable bonds is 4. The fourth-order valence-corrected chi connectivity index (χ4v) is 0.953. The molecule has 0 saturated carbocycles. The number of allylic oxidation sites excluding steroid dienone is 1. The van der Waals surface area contributed by atoms with Crippen LogP contribution >= 0.6 is 11.6 Å². The molecular weight excluding hydrogens is 261 g/mol. The van der Waals surface area contributed by atoms with Gasteiger partial charge in [-0.3, -0.25) is 0 Å². The number of carbonyl (C=O) groups is 1. The van der Waals surface area contributed by atoms with E-state index in [1.165, 1.54) is 6.92 Å². The Morgan fingerprint density at radius 2 is 2.12 bits per heavy atom. The Labute approximate surface area is 101 Å². The average Bonchev–Trinajstić information content (AvgIpc) is 2.15. The highest BCUT2D eigenvalue weighted by Gasteiger charge is 2.38. The van der Waals surface area contributed by atoms with Crippen LogP contribution in [0.2, 0.25) is 0 Å². The number of nitrogens with two attached hydrogens (primary N) is 1. The van der Waals surface area contributed by atoms with Gasteiger partial charge in [0.05, 0.1) is 12.2 Å². The molecule has 0 aliphatic carbocycles. The Morgan fingerprint density at radius 3 is 2.41 bits per heavy atom. The third kappa shape index (κ3) is 4.90. The normalized spacial score (nSPS) is 14.1.